The molecule has 1 aromatic carbocycles. The Kier molecular flexibility index (Phi) is 4.79. The minimum Gasteiger partial charge on any atom is -0.497 e. The fourth-order valence-corrected chi connectivity index (χ4v) is 3.41. The zero-order valence-corrected chi connectivity index (χ0v) is 16.7. The molecule has 1 fully saturated rings. The molecule has 1 amide bonds. The zero-order valence-electron chi connectivity index (χ0n) is 16.7. The van der Waals surface area contributed by atoms with Crippen molar-refractivity contribution in [1.82, 2.24) is 15.0 Å². The summed E-state index contributed by atoms with van der Waals surface area (Å²) in [5, 5.41) is 4.76. The molecule has 0 spiro atoms. The normalized spacial score (nSPS) is 13.9. The Balaban J connectivity index is 1.72. The first-order valence-electron chi connectivity index (χ1n) is 9.68. The molecule has 0 N–H and O–H groups in total. The molecule has 0 unspecified atom stereocenters. The number of amides is 1. The first-order chi connectivity index (χ1) is 13.5. The van der Waals surface area contributed by atoms with Gasteiger partial charge < -0.3 is 14.2 Å². The van der Waals surface area contributed by atoms with Crippen molar-refractivity contribution in [2.45, 2.75) is 52.1 Å². The zero-order chi connectivity index (χ0) is 19.8. The van der Waals surface area contributed by atoms with Gasteiger partial charge in [0.25, 0.3) is 11.6 Å². The average Bonchev–Trinajstić information content (AvgIpc) is 3.48. The average molecular weight is 379 g/mol. The van der Waals surface area contributed by atoms with Gasteiger partial charge in [0, 0.05) is 18.3 Å². The number of hydrogen-bond donors (Lipinski definition) is 0. The summed E-state index contributed by atoms with van der Waals surface area (Å²) in [5.41, 5.74) is 3.69. The monoisotopic (exact) mass is 379 g/mol. The third-order valence-corrected chi connectivity index (χ3v) is 5.22. The molecule has 146 valence electrons. The molecule has 1 aliphatic carbocycles. The number of aromatic nitrogens is 2. The molecular formula is C22H25N3O3. The second-order valence-corrected chi connectivity index (χ2v) is 7.71. The summed E-state index contributed by atoms with van der Waals surface area (Å²) in [6.45, 7) is 6.53. The van der Waals surface area contributed by atoms with Crippen LogP contribution in [0.1, 0.15) is 59.9 Å². The summed E-state index contributed by atoms with van der Waals surface area (Å²) in [5.74, 6) is 1.02. The number of hydrogen-bond acceptors (Lipinski definition) is 5. The number of ether oxygens (including phenoxy) is 1. The first-order valence-corrected chi connectivity index (χ1v) is 9.68. The van der Waals surface area contributed by atoms with Gasteiger partial charge in [-0.15, -0.1) is 0 Å². The predicted molar refractivity (Wildman–Crippen MR) is 107 cm³/mol. The van der Waals surface area contributed by atoms with Crippen molar-refractivity contribution < 1.29 is 14.1 Å². The number of pyridine rings is 1. The van der Waals surface area contributed by atoms with E-state index in [1.54, 1.807) is 7.11 Å². The summed E-state index contributed by atoms with van der Waals surface area (Å²) >= 11 is 0. The minimum absolute atomic E-state index is 0.0129. The molecule has 0 bridgehead atoms. The Hall–Kier alpha value is -2.89. The second-order valence-electron chi connectivity index (χ2n) is 7.71. The number of aryl methyl sites for hydroxylation is 1. The number of fused-ring (bicyclic) bond motifs is 1. The summed E-state index contributed by atoms with van der Waals surface area (Å²) in [7, 11) is 1.65. The van der Waals surface area contributed by atoms with Gasteiger partial charge in [0.15, 0.2) is 0 Å². The van der Waals surface area contributed by atoms with Crippen LogP contribution < -0.4 is 4.74 Å². The van der Waals surface area contributed by atoms with Crippen LogP contribution in [0.4, 0.5) is 0 Å². The van der Waals surface area contributed by atoms with E-state index >= 15 is 0 Å². The van der Waals surface area contributed by atoms with Crippen LogP contribution >= 0.6 is 0 Å². The fraction of sp³-hybridized carbons (Fsp3) is 0.409. The highest BCUT2D eigenvalue weighted by molar-refractivity contribution is 6.06. The van der Waals surface area contributed by atoms with Gasteiger partial charge in [-0.05, 0) is 49.4 Å². The molecule has 0 radical (unpaired) electrons. The number of carbonyl (C=O) groups excluding carboxylic acids is 1. The van der Waals surface area contributed by atoms with Crippen LogP contribution in [0.5, 0.6) is 5.75 Å². The van der Waals surface area contributed by atoms with E-state index < -0.39 is 0 Å². The number of rotatable bonds is 6. The van der Waals surface area contributed by atoms with Crippen molar-refractivity contribution in [3.05, 3.63) is 52.8 Å². The second kappa shape index (κ2) is 7.26. The number of methoxy groups -OCH3 is 1. The molecule has 1 saturated carbocycles. The lowest BCUT2D eigenvalue weighted by Gasteiger charge is -2.23. The van der Waals surface area contributed by atoms with Gasteiger partial charge in [-0.2, -0.15) is 0 Å². The van der Waals surface area contributed by atoms with E-state index in [1.165, 1.54) is 0 Å². The van der Waals surface area contributed by atoms with E-state index in [1.807, 2.05) is 42.2 Å². The van der Waals surface area contributed by atoms with Crippen LogP contribution in [0.3, 0.4) is 0 Å². The van der Waals surface area contributed by atoms with E-state index in [2.05, 4.69) is 24.0 Å². The van der Waals surface area contributed by atoms with E-state index in [0.29, 0.717) is 23.5 Å². The molecule has 4 rings (SSSR count). The summed E-state index contributed by atoms with van der Waals surface area (Å²) in [4.78, 5) is 20.1. The third kappa shape index (κ3) is 3.46. The van der Waals surface area contributed by atoms with Crippen LogP contribution in [-0.4, -0.2) is 34.1 Å². The van der Waals surface area contributed by atoms with Gasteiger partial charge in [0.05, 0.1) is 23.8 Å². The maximum absolute atomic E-state index is 13.6. The third-order valence-electron chi connectivity index (χ3n) is 5.22. The minimum atomic E-state index is 0.0129. The molecule has 2 heterocycles. The molecule has 6 heteroatoms. The van der Waals surface area contributed by atoms with Crippen molar-refractivity contribution in [2.75, 3.05) is 7.11 Å². The Labute approximate surface area is 164 Å². The van der Waals surface area contributed by atoms with Crippen LogP contribution in [0.15, 0.2) is 34.9 Å². The summed E-state index contributed by atoms with van der Waals surface area (Å²) in [6.07, 6.45) is 2.07. The van der Waals surface area contributed by atoms with E-state index in [4.69, 9.17) is 9.26 Å². The Morgan fingerprint density at radius 3 is 2.61 bits per heavy atom. The van der Waals surface area contributed by atoms with Crippen LogP contribution in [-0.2, 0) is 6.54 Å². The van der Waals surface area contributed by atoms with Gasteiger partial charge in [-0.25, -0.2) is 4.98 Å². The van der Waals surface area contributed by atoms with Crippen molar-refractivity contribution >= 4 is 17.0 Å². The molecule has 3 aromatic rings. The quantitative estimate of drug-likeness (QED) is 0.632. The van der Waals surface area contributed by atoms with Crippen molar-refractivity contribution in [1.29, 1.82) is 0 Å². The molecule has 28 heavy (non-hydrogen) atoms. The van der Waals surface area contributed by atoms with Crippen LogP contribution in [0.2, 0.25) is 0 Å². The van der Waals surface area contributed by atoms with Gasteiger partial charge in [0.2, 0.25) is 0 Å². The number of nitrogens with zero attached hydrogens (tertiary/aromatic N) is 3. The lowest BCUT2D eigenvalue weighted by molar-refractivity contribution is 0.0731. The highest BCUT2D eigenvalue weighted by atomic mass is 16.5. The smallest absolute Gasteiger partial charge is 0.259 e. The van der Waals surface area contributed by atoms with E-state index in [9.17, 15) is 4.79 Å². The molecule has 6 nitrogen and oxygen atoms in total. The molecule has 0 atom stereocenters. The van der Waals surface area contributed by atoms with E-state index in [0.717, 1.165) is 35.2 Å². The van der Waals surface area contributed by atoms with Crippen molar-refractivity contribution in [2.24, 2.45) is 0 Å². The van der Waals surface area contributed by atoms with Gasteiger partial charge in [-0.3, -0.25) is 4.79 Å². The standard InChI is InChI=1S/C22H25N3O3/c1-13(2)19-11-18(20-14(3)24-28-21(20)23-19)22(26)25(16-7-8-16)12-15-5-9-17(27-4)10-6-15/h5-6,9-11,13,16H,7-8,12H2,1-4H3. The topological polar surface area (TPSA) is 68.5 Å². The number of carbonyl (C=O) groups is 1. The fourth-order valence-electron chi connectivity index (χ4n) is 3.41. The lowest BCUT2D eigenvalue weighted by Crippen LogP contribution is -2.33. The largest absolute Gasteiger partial charge is 0.497 e. The predicted octanol–water partition coefficient (Wildman–Crippen LogP) is 4.47. The Bertz CT molecular complexity index is 1000. The summed E-state index contributed by atoms with van der Waals surface area (Å²) in [6, 6.07) is 10.1. The van der Waals surface area contributed by atoms with Crippen LogP contribution in [0.25, 0.3) is 11.1 Å². The lowest BCUT2D eigenvalue weighted by atomic mass is 10.0. The Morgan fingerprint density at radius 1 is 1.29 bits per heavy atom. The highest BCUT2D eigenvalue weighted by Gasteiger charge is 2.34. The van der Waals surface area contributed by atoms with Gasteiger partial charge in [-0.1, -0.05) is 31.1 Å². The molecular weight excluding hydrogens is 354 g/mol. The molecule has 0 aliphatic heterocycles. The number of benzene rings is 1. The molecule has 2 aromatic heterocycles. The highest BCUT2D eigenvalue weighted by Crippen LogP contribution is 2.33. The maximum Gasteiger partial charge on any atom is 0.259 e. The van der Waals surface area contributed by atoms with Gasteiger partial charge in [0.1, 0.15) is 5.75 Å². The Morgan fingerprint density at radius 2 is 2.00 bits per heavy atom. The molecule has 0 saturated heterocycles. The van der Waals surface area contributed by atoms with Crippen LogP contribution in [0, 0.1) is 6.92 Å². The van der Waals surface area contributed by atoms with Crippen molar-refractivity contribution in [3.8, 4) is 5.75 Å². The maximum atomic E-state index is 13.6. The first kappa shape index (κ1) is 18.5. The van der Waals surface area contributed by atoms with Gasteiger partial charge >= 0.3 is 0 Å². The van der Waals surface area contributed by atoms with Crippen molar-refractivity contribution in [3.63, 3.8) is 0 Å². The SMILES string of the molecule is COc1ccc(CN(C(=O)c2cc(C(C)C)nc3onc(C)c23)C2CC2)cc1. The molecule has 1 aliphatic rings. The summed E-state index contributed by atoms with van der Waals surface area (Å²) < 4.78 is 10.6. The van der Waals surface area contributed by atoms with E-state index in [-0.39, 0.29) is 17.9 Å².